The third kappa shape index (κ3) is 7.92. The molecule has 0 aliphatic rings. The number of ether oxygens (including phenoxy) is 2. The number of hydrogen-bond donors (Lipinski definition) is 1. The molecule has 11 heteroatoms. The van der Waals surface area contributed by atoms with Crippen LogP contribution in [-0.2, 0) is 26.2 Å². The number of nitrogens with zero attached hydrogens (tertiary/aromatic N) is 2. The quantitative estimate of drug-likeness (QED) is 0.282. The number of carbonyl (C=O) groups excluding carboxylic acids is 2. The summed E-state index contributed by atoms with van der Waals surface area (Å²) < 4.78 is 39.7. The first kappa shape index (κ1) is 31.8. The van der Waals surface area contributed by atoms with Crippen molar-refractivity contribution in [3.8, 4) is 11.5 Å². The highest BCUT2D eigenvalue weighted by Crippen LogP contribution is 2.32. The molecule has 1 N–H and O–H groups in total. The van der Waals surface area contributed by atoms with Gasteiger partial charge in [-0.05, 0) is 54.8 Å². The normalized spacial score (nSPS) is 11.8. The number of methoxy groups -OCH3 is 2. The molecule has 0 spiro atoms. The Labute approximate surface area is 247 Å². The molecule has 9 nitrogen and oxygen atoms in total. The van der Waals surface area contributed by atoms with Crippen LogP contribution >= 0.6 is 11.6 Å². The van der Waals surface area contributed by atoms with Gasteiger partial charge in [0.15, 0.2) is 11.5 Å². The topological polar surface area (TPSA) is 105 Å². The van der Waals surface area contributed by atoms with E-state index >= 15 is 0 Å². The molecule has 0 aliphatic heterocycles. The van der Waals surface area contributed by atoms with Crippen LogP contribution in [0.1, 0.15) is 32.3 Å². The van der Waals surface area contributed by atoms with E-state index in [1.54, 1.807) is 54.6 Å². The number of para-hydroxylation sites is 1. The zero-order valence-corrected chi connectivity index (χ0v) is 25.2. The van der Waals surface area contributed by atoms with Crippen molar-refractivity contribution < 1.29 is 27.5 Å². The number of benzene rings is 3. The highest BCUT2D eigenvalue weighted by Gasteiger charge is 2.34. The second-order valence-corrected chi connectivity index (χ2v) is 11.5. The Morgan fingerprint density at radius 2 is 1.59 bits per heavy atom. The number of nitrogens with one attached hydrogen (secondary N) is 1. The van der Waals surface area contributed by atoms with Crippen LogP contribution in [0.3, 0.4) is 0 Å². The van der Waals surface area contributed by atoms with E-state index in [1.807, 2.05) is 13.8 Å². The van der Waals surface area contributed by atoms with Gasteiger partial charge in [0.05, 0.1) is 24.8 Å². The van der Waals surface area contributed by atoms with E-state index in [4.69, 9.17) is 21.1 Å². The lowest BCUT2D eigenvalue weighted by molar-refractivity contribution is -0.140. The number of halogens is 1. The largest absolute Gasteiger partial charge is 0.493 e. The third-order valence-corrected chi connectivity index (χ3v) is 8.49. The molecule has 1 unspecified atom stereocenters. The van der Waals surface area contributed by atoms with Crippen molar-refractivity contribution in [2.45, 2.75) is 44.2 Å². The summed E-state index contributed by atoms with van der Waals surface area (Å²) in [6.45, 7) is 3.77. The molecular formula is C30H36ClN3O6S. The van der Waals surface area contributed by atoms with Gasteiger partial charge in [0, 0.05) is 24.2 Å². The number of amides is 2. The fourth-order valence-electron chi connectivity index (χ4n) is 4.30. The molecule has 0 aliphatic carbocycles. The first-order valence-electron chi connectivity index (χ1n) is 13.3. The van der Waals surface area contributed by atoms with Crippen LogP contribution in [0.4, 0.5) is 5.69 Å². The van der Waals surface area contributed by atoms with Gasteiger partial charge in [-0.15, -0.1) is 0 Å². The predicted octanol–water partition coefficient (Wildman–Crippen LogP) is 4.89. The van der Waals surface area contributed by atoms with Crippen molar-refractivity contribution in [3.63, 3.8) is 0 Å². The molecule has 0 aromatic heterocycles. The summed E-state index contributed by atoms with van der Waals surface area (Å²) in [7, 11) is -1.39. The molecule has 0 saturated heterocycles. The summed E-state index contributed by atoms with van der Waals surface area (Å²) in [5.41, 5.74) is 1.05. The lowest BCUT2D eigenvalue weighted by Crippen LogP contribution is -2.52. The maximum absolute atomic E-state index is 14.0. The second-order valence-electron chi connectivity index (χ2n) is 9.23. The van der Waals surface area contributed by atoms with Crippen LogP contribution in [0.2, 0.25) is 5.02 Å². The summed E-state index contributed by atoms with van der Waals surface area (Å²) in [5, 5.41) is 3.40. The molecule has 3 aromatic rings. The smallest absolute Gasteiger partial charge is 0.264 e. The average molecular weight is 602 g/mol. The number of anilines is 1. The number of sulfonamides is 1. The Morgan fingerprint density at radius 3 is 2.17 bits per heavy atom. The minimum Gasteiger partial charge on any atom is -0.493 e. The van der Waals surface area contributed by atoms with Gasteiger partial charge in [-0.1, -0.05) is 55.8 Å². The van der Waals surface area contributed by atoms with E-state index in [0.717, 1.165) is 16.3 Å². The van der Waals surface area contributed by atoms with Crippen molar-refractivity contribution >= 4 is 39.1 Å². The van der Waals surface area contributed by atoms with Crippen molar-refractivity contribution in [3.05, 3.63) is 83.4 Å². The maximum Gasteiger partial charge on any atom is 0.264 e. The van der Waals surface area contributed by atoms with E-state index < -0.39 is 28.5 Å². The van der Waals surface area contributed by atoms with Crippen LogP contribution in [0.15, 0.2) is 77.7 Å². The van der Waals surface area contributed by atoms with E-state index in [-0.39, 0.29) is 23.1 Å². The van der Waals surface area contributed by atoms with Crippen molar-refractivity contribution in [2.75, 3.05) is 31.6 Å². The molecule has 0 saturated carbocycles. The lowest BCUT2D eigenvalue weighted by atomic mass is 10.1. The van der Waals surface area contributed by atoms with Crippen LogP contribution < -0.4 is 19.1 Å². The molecule has 41 heavy (non-hydrogen) atoms. The van der Waals surface area contributed by atoms with Crippen molar-refractivity contribution in [2.24, 2.45) is 0 Å². The molecule has 2 amide bonds. The Morgan fingerprint density at radius 1 is 0.927 bits per heavy atom. The molecule has 220 valence electrons. The van der Waals surface area contributed by atoms with Crippen LogP contribution in [0, 0.1) is 0 Å². The van der Waals surface area contributed by atoms with Crippen molar-refractivity contribution in [1.29, 1.82) is 0 Å². The molecule has 0 bridgehead atoms. The maximum atomic E-state index is 14.0. The number of hydrogen-bond acceptors (Lipinski definition) is 6. The fourth-order valence-corrected chi connectivity index (χ4v) is 5.86. The summed E-state index contributed by atoms with van der Waals surface area (Å²) in [6, 6.07) is 18.7. The van der Waals surface area contributed by atoms with E-state index in [9.17, 15) is 18.0 Å². The summed E-state index contributed by atoms with van der Waals surface area (Å²) in [4.78, 5) is 28.5. The van der Waals surface area contributed by atoms with Crippen LogP contribution in [0.25, 0.3) is 0 Å². The van der Waals surface area contributed by atoms with Gasteiger partial charge in [0.25, 0.3) is 10.0 Å². The Hall–Kier alpha value is -3.76. The molecule has 0 fully saturated rings. The Bertz CT molecular complexity index is 1420. The zero-order chi connectivity index (χ0) is 30.0. The van der Waals surface area contributed by atoms with Gasteiger partial charge < -0.3 is 19.7 Å². The number of carbonyl (C=O) groups is 2. The molecule has 3 rings (SSSR count). The average Bonchev–Trinajstić information content (AvgIpc) is 2.99. The lowest BCUT2D eigenvalue weighted by Gasteiger charge is -2.33. The van der Waals surface area contributed by atoms with E-state index in [2.05, 4.69) is 5.32 Å². The summed E-state index contributed by atoms with van der Waals surface area (Å²) >= 11 is 6.06. The van der Waals surface area contributed by atoms with Gasteiger partial charge in [0.2, 0.25) is 11.8 Å². The second kappa shape index (κ2) is 14.7. The first-order valence-corrected chi connectivity index (χ1v) is 15.1. The van der Waals surface area contributed by atoms with Crippen LogP contribution in [-0.4, -0.2) is 58.5 Å². The third-order valence-electron chi connectivity index (χ3n) is 6.47. The first-order chi connectivity index (χ1) is 19.7. The summed E-state index contributed by atoms with van der Waals surface area (Å²) in [5.74, 6) is -0.236. The van der Waals surface area contributed by atoms with E-state index in [1.165, 1.54) is 37.3 Å². The van der Waals surface area contributed by atoms with Gasteiger partial charge >= 0.3 is 0 Å². The number of rotatable bonds is 14. The van der Waals surface area contributed by atoms with Gasteiger partial charge in [-0.3, -0.25) is 13.9 Å². The minimum atomic E-state index is -4.25. The highest BCUT2D eigenvalue weighted by molar-refractivity contribution is 7.92. The monoisotopic (exact) mass is 601 g/mol. The van der Waals surface area contributed by atoms with Crippen molar-refractivity contribution in [1.82, 2.24) is 10.2 Å². The molecular weight excluding hydrogens is 566 g/mol. The van der Waals surface area contributed by atoms with Gasteiger partial charge in [0.1, 0.15) is 12.6 Å². The summed E-state index contributed by atoms with van der Waals surface area (Å²) in [6.07, 6.45) is 1.07. The van der Waals surface area contributed by atoms with Gasteiger partial charge in [-0.2, -0.15) is 0 Å². The Balaban J connectivity index is 2.05. The zero-order valence-electron chi connectivity index (χ0n) is 23.7. The SMILES string of the molecule is CCCNC(=O)C(CC)N(Cc1ccc(Cl)cc1)C(=O)CN(c1ccccc1)S(=O)(=O)c1ccc(OC)c(OC)c1. The predicted molar refractivity (Wildman–Crippen MR) is 160 cm³/mol. The molecule has 0 radical (unpaired) electrons. The Kier molecular flexibility index (Phi) is 11.4. The highest BCUT2D eigenvalue weighted by atomic mass is 35.5. The minimum absolute atomic E-state index is 0.0798. The van der Waals surface area contributed by atoms with E-state index in [0.29, 0.717) is 29.4 Å². The molecule has 0 heterocycles. The molecule has 1 atom stereocenters. The van der Waals surface area contributed by atoms with Crippen LogP contribution in [0.5, 0.6) is 11.5 Å². The van der Waals surface area contributed by atoms with Gasteiger partial charge in [-0.25, -0.2) is 8.42 Å². The standard InChI is InChI=1S/C30H36ClN3O6S/c1-5-18-32-30(36)26(6-2)33(20-22-12-14-23(31)15-13-22)29(35)21-34(24-10-8-7-9-11-24)41(37,38)25-16-17-27(39-3)28(19-25)40-4/h7-17,19,26H,5-6,18,20-21H2,1-4H3,(H,32,36). The fraction of sp³-hybridized carbons (Fsp3) is 0.333. The molecule has 3 aromatic carbocycles.